The maximum Gasteiger partial charge on any atom is 0.408 e. The number of anilines is 2. The number of esters is 1. The molecule has 0 saturated heterocycles. The van der Waals surface area contributed by atoms with Gasteiger partial charge in [0.05, 0.1) is 23.8 Å². The molecule has 190 valence electrons. The molecule has 1 atom stereocenters. The van der Waals surface area contributed by atoms with E-state index in [4.69, 9.17) is 21.1 Å². The summed E-state index contributed by atoms with van der Waals surface area (Å²) in [5, 5.41) is 15.1. The third-order valence-corrected chi connectivity index (χ3v) is 5.55. The van der Waals surface area contributed by atoms with Crippen LogP contribution in [0.5, 0.6) is 0 Å². The summed E-state index contributed by atoms with van der Waals surface area (Å²) in [5.74, 6) is -0.657. The fourth-order valence-electron chi connectivity index (χ4n) is 3.61. The second kappa shape index (κ2) is 10.7. The number of ether oxygens (including phenoxy) is 2. The molecule has 2 aromatic heterocycles. The van der Waals surface area contributed by atoms with E-state index < -0.39 is 23.7 Å². The van der Waals surface area contributed by atoms with Gasteiger partial charge in [-0.1, -0.05) is 11.6 Å². The molecule has 0 aliphatic carbocycles. The second-order valence-corrected chi connectivity index (χ2v) is 9.33. The summed E-state index contributed by atoms with van der Waals surface area (Å²) in [6.07, 6.45) is 0.799. The molecule has 1 unspecified atom stereocenters. The van der Waals surface area contributed by atoms with Crippen LogP contribution in [0, 0.1) is 11.3 Å². The molecule has 1 amide bonds. The third-order valence-electron chi connectivity index (χ3n) is 5.26. The third kappa shape index (κ3) is 5.95. The number of alkyl carbamates (subject to hydrolysis) is 1. The molecule has 0 radical (unpaired) electrons. The molecule has 36 heavy (non-hydrogen) atoms. The quantitative estimate of drug-likeness (QED) is 0.361. The number of aromatic nitrogens is 3. The molecule has 0 bridgehead atoms. The van der Waals surface area contributed by atoms with E-state index >= 15 is 0 Å². The predicted octanol–water partition coefficient (Wildman–Crippen LogP) is 3.46. The number of hydrogen-bond acceptors (Lipinski definition) is 8. The Morgan fingerprint density at radius 2 is 1.97 bits per heavy atom. The number of fused-ring (bicyclic) bond motifs is 1. The number of hydrogen-bond donors (Lipinski definition) is 2. The smallest absolute Gasteiger partial charge is 0.408 e. The van der Waals surface area contributed by atoms with Crippen LogP contribution in [0.2, 0.25) is 5.15 Å². The van der Waals surface area contributed by atoms with Crippen molar-refractivity contribution in [1.82, 2.24) is 19.4 Å². The van der Waals surface area contributed by atoms with E-state index in [2.05, 4.69) is 15.6 Å². The number of pyridine rings is 1. The molecule has 0 spiro atoms. The molecule has 0 fully saturated rings. The van der Waals surface area contributed by atoms with Crippen LogP contribution in [0.4, 0.5) is 16.2 Å². The first kappa shape index (κ1) is 26.6. The SMILES string of the molecule is COC(=O)C(CCn1c(=O)n(C)c2ccc(Nc3ccnc(Cl)c3C#N)cc21)NC(=O)OC(C)(C)C. The monoisotopic (exact) mass is 514 g/mol. The number of nitrogens with one attached hydrogen (secondary N) is 2. The lowest BCUT2D eigenvalue weighted by Gasteiger charge is -2.22. The molecule has 12 heteroatoms. The number of imidazole rings is 1. The van der Waals surface area contributed by atoms with Gasteiger partial charge in [0.25, 0.3) is 0 Å². The highest BCUT2D eigenvalue weighted by Crippen LogP contribution is 2.27. The highest BCUT2D eigenvalue weighted by molar-refractivity contribution is 6.31. The van der Waals surface area contributed by atoms with Crippen molar-refractivity contribution < 1.29 is 19.1 Å². The van der Waals surface area contributed by atoms with Crippen LogP contribution in [0.25, 0.3) is 11.0 Å². The second-order valence-electron chi connectivity index (χ2n) is 8.97. The van der Waals surface area contributed by atoms with Gasteiger partial charge in [0, 0.05) is 25.5 Å². The molecule has 3 aromatic rings. The Balaban J connectivity index is 1.90. The van der Waals surface area contributed by atoms with E-state index in [9.17, 15) is 19.6 Å². The molecule has 3 rings (SSSR count). The Hall–Kier alpha value is -4.04. The lowest BCUT2D eigenvalue weighted by molar-refractivity contribution is -0.143. The number of benzene rings is 1. The molecule has 0 aliphatic heterocycles. The summed E-state index contributed by atoms with van der Waals surface area (Å²) in [6.45, 7) is 5.24. The van der Waals surface area contributed by atoms with Crippen LogP contribution in [-0.4, -0.2) is 44.9 Å². The number of amides is 1. The number of methoxy groups -OCH3 is 1. The first-order chi connectivity index (χ1) is 16.9. The van der Waals surface area contributed by atoms with E-state index in [1.807, 2.05) is 6.07 Å². The summed E-state index contributed by atoms with van der Waals surface area (Å²) >= 11 is 6.02. The maximum absolute atomic E-state index is 13.0. The number of nitriles is 1. The fraction of sp³-hybridized carbons (Fsp3) is 0.375. The van der Waals surface area contributed by atoms with Crippen LogP contribution in [-0.2, 0) is 27.9 Å². The summed E-state index contributed by atoms with van der Waals surface area (Å²) in [7, 11) is 2.86. The Labute approximate surface area is 212 Å². The molecule has 0 saturated carbocycles. The van der Waals surface area contributed by atoms with Gasteiger partial charge in [-0.2, -0.15) is 5.26 Å². The molecule has 0 aliphatic rings. The lowest BCUT2D eigenvalue weighted by Crippen LogP contribution is -2.44. The van der Waals surface area contributed by atoms with Gasteiger partial charge in [-0.25, -0.2) is 19.4 Å². The molecular formula is C24H27ClN6O5. The van der Waals surface area contributed by atoms with Gasteiger partial charge >= 0.3 is 17.8 Å². The maximum atomic E-state index is 13.0. The molecule has 11 nitrogen and oxygen atoms in total. The number of carbonyl (C=O) groups is 2. The molecule has 1 aromatic carbocycles. The Morgan fingerprint density at radius 3 is 2.61 bits per heavy atom. The number of halogens is 1. The summed E-state index contributed by atoms with van der Waals surface area (Å²) < 4.78 is 13.0. The van der Waals surface area contributed by atoms with Gasteiger partial charge in [0.1, 0.15) is 28.4 Å². The largest absolute Gasteiger partial charge is 0.467 e. The van der Waals surface area contributed by atoms with Gasteiger partial charge in [-0.3, -0.25) is 9.13 Å². The van der Waals surface area contributed by atoms with Crippen molar-refractivity contribution >= 4 is 46.1 Å². The van der Waals surface area contributed by atoms with Crippen molar-refractivity contribution in [2.75, 3.05) is 12.4 Å². The van der Waals surface area contributed by atoms with Gasteiger partial charge in [-0.05, 0) is 51.5 Å². The van der Waals surface area contributed by atoms with E-state index in [0.717, 1.165) is 0 Å². The molecule has 2 heterocycles. The number of carbonyl (C=O) groups excluding carboxylic acids is 2. The van der Waals surface area contributed by atoms with E-state index in [-0.39, 0.29) is 29.4 Å². The minimum Gasteiger partial charge on any atom is -0.467 e. The topological polar surface area (TPSA) is 140 Å². The number of nitrogens with zero attached hydrogens (tertiary/aromatic N) is 4. The van der Waals surface area contributed by atoms with Crippen molar-refractivity contribution in [3.8, 4) is 6.07 Å². The van der Waals surface area contributed by atoms with Gasteiger partial charge < -0.3 is 20.1 Å². The van der Waals surface area contributed by atoms with Gasteiger partial charge in [0.2, 0.25) is 0 Å². The van der Waals surface area contributed by atoms with Gasteiger partial charge in [-0.15, -0.1) is 0 Å². The van der Waals surface area contributed by atoms with Gasteiger partial charge in [0.15, 0.2) is 0 Å². The average molecular weight is 515 g/mol. The lowest BCUT2D eigenvalue weighted by atomic mass is 10.2. The Morgan fingerprint density at radius 1 is 1.25 bits per heavy atom. The van der Waals surface area contributed by atoms with Crippen molar-refractivity contribution in [3.63, 3.8) is 0 Å². The van der Waals surface area contributed by atoms with E-state index in [0.29, 0.717) is 22.4 Å². The first-order valence-electron chi connectivity index (χ1n) is 11.0. The Bertz CT molecular complexity index is 1400. The summed E-state index contributed by atoms with van der Waals surface area (Å²) in [4.78, 5) is 41.4. The zero-order valence-corrected chi connectivity index (χ0v) is 21.3. The van der Waals surface area contributed by atoms with Crippen LogP contribution in [0.1, 0.15) is 32.8 Å². The fourth-order valence-corrected chi connectivity index (χ4v) is 3.81. The average Bonchev–Trinajstić information content (AvgIpc) is 3.04. The van der Waals surface area contributed by atoms with E-state index in [1.54, 1.807) is 52.1 Å². The minimum atomic E-state index is -1.02. The van der Waals surface area contributed by atoms with Crippen molar-refractivity contribution in [3.05, 3.63) is 51.7 Å². The van der Waals surface area contributed by atoms with Crippen molar-refractivity contribution in [2.45, 2.75) is 45.4 Å². The minimum absolute atomic E-state index is 0.0755. The molecular weight excluding hydrogens is 488 g/mol. The zero-order chi connectivity index (χ0) is 26.6. The number of rotatable bonds is 7. The normalized spacial score (nSPS) is 12.0. The highest BCUT2D eigenvalue weighted by atomic mass is 35.5. The van der Waals surface area contributed by atoms with Crippen molar-refractivity contribution in [2.24, 2.45) is 7.05 Å². The first-order valence-corrected chi connectivity index (χ1v) is 11.4. The summed E-state index contributed by atoms with van der Waals surface area (Å²) in [6, 6.07) is 7.90. The standard InChI is InChI=1S/C24H27ClN6O5/c1-24(2,3)36-22(33)29-17(21(32)35-5)9-11-31-19-12-14(6-7-18(19)30(4)23(31)34)28-16-8-10-27-20(25)15(16)13-26/h6-8,10,12,17H,9,11H2,1-5H3,(H,27,28)(H,29,33). The molecule has 2 N–H and O–H groups in total. The number of aryl methyl sites for hydroxylation is 2. The predicted molar refractivity (Wildman–Crippen MR) is 134 cm³/mol. The van der Waals surface area contributed by atoms with Crippen LogP contribution >= 0.6 is 11.6 Å². The van der Waals surface area contributed by atoms with Crippen LogP contribution < -0.4 is 16.3 Å². The van der Waals surface area contributed by atoms with Crippen LogP contribution in [0.3, 0.4) is 0 Å². The van der Waals surface area contributed by atoms with E-state index in [1.165, 1.54) is 22.4 Å². The highest BCUT2D eigenvalue weighted by Gasteiger charge is 2.25. The summed E-state index contributed by atoms with van der Waals surface area (Å²) in [5.41, 5.74) is 1.48. The zero-order valence-electron chi connectivity index (χ0n) is 20.6. The van der Waals surface area contributed by atoms with Crippen LogP contribution in [0.15, 0.2) is 35.3 Å². The van der Waals surface area contributed by atoms with Crippen molar-refractivity contribution in [1.29, 1.82) is 5.26 Å². The Kier molecular flexibility index (Phi) is 7.90.